The third kappa shape index (κ3) is 3.13. The zero-order valence-corrected chi connectivity index (χ0v) is 9.50. The van der Waals surface area contributed by atoms with E-state index in [2.05, 4.69) is 4.74 Å². The molecule has 82 valence electrons. The Morgan fingerprint density at radius 2 is 2.13 bits per heavy atom. The van der Waals surface area contributed by atoms with Crippen LogP contribution in [0.4, 0.5) is 0 Å². The Bertz CT molecular complexity index is 350. The van der Waals surface area contributed by atoms with Gasteiger partial charge in [0.15, 0.2) is 0 Å². The monoisotopic (exact) mass is 228 g/mol. The van der Waals surface area contributed by atoms with Crippen LogP contribution in [0.25, 0.3) is 0 Å². The number of carbonyl (C=O) groups excluding carboxylic acids is 1. The quantitative estimate of drug-likeness (QED) is 0.743. The lowest BCUT2D eigenvalue weighted by Gasteiger charge is -2.07. The maximum atomic E-state index is 11.0. The number of methoxy groups -OCH3 is 2. The number of benzene rings is 1. The molecule has 0 aliphatic heterocycles. The lowest BCUT2D eigenvalue weighted by molar-refractivity contribution is -0.140. The highest BCUT2D eigenvalue weighted by Crippen LogP contribution is 2.28. The van der Waals surface area contributed by atoms with E-state index in [1.54, 1.807) is 13.2 Å². The molecule has 1 rings (SSSR count). The van der Waals surface area contributed by atoms with Crippen molar-refractivity contribution in [2.75, 3.05) is 14.2 Å². The second kappa shape index (κ2) is 5.61. The van der Waals surface area contributed by atoms with Crippen LogP contribution in [0.2, 0.25) is 5.02 Å². The Hall–Kier alpha value is -1.22. The lowest BCUT2D eigenvalue weighted by atomic mass is 10.1. The van der Waals surface area contributed by atoms with Crippen LogP contribution in [0.3, 0.4) is 0 Å². The third-order valence-corrected chi connectivity index (χ3v) is 2.52. The molecule has 0 saturated heterocycles. The van der Waals surface area contributed by atoms with E-state index in [0.717, 1.165) is 5.56 Å². The summed E-state index contributed by atoms with van der Waals surface area (Å²) in [5.41, 5.74) is 0.890. The third-order valence-electron chi connectivity index (χ3n) is 2.09. The zero-order valence-electron chi connectivity index (χ0n) is 8.75. The molecule has 0 amide bonds. The SMILES string of the molecule is COC(=O)CCc1cccc(OC)c1Cl. The van der Waals surface area contributed by atoms with Gasteiger partial charge in [-0.05, 0) is 18.1 Å². The van der Waals surface area contributed by atoms with Gasteiger partial charge in [-0.1, -0.05) is 23.7 Å². The summed E-state index contributed by atoms with van der Waals surface area (Å²) >= 11 is 6.06. The molecule has 1 aromatic rings. The van der Waals surface area contributed by atoms with E-state index >= 15 is 0 Å². The van der Waals surface area contributed by atoms with Gasteiger partial charge in [0.1, 0.15) is 5.75 Å². The van der Waals surface area contributed by atoms with Gasteiger partial charge >= 0.3 is 5.97 Å². The molecular formula is C11H13ClO3. The minimum atomic E-state index is -0.242. The van der Waals surface area contributed by atoms with Crippen LogP contribution in [0.15, 0.2) is 18.2 Å². The van der Waals surface area contributed by atoms with Crippen LogP contribution in [0, 0.1) is 0 Å². The molecule has 0 unspecified atom stereocenters. The highest BCUT2D eigenvalue weighted by molar-refractivity contribution is 6.32. The van der Waals surface area contributed by atoms with E-state index in [9.17, 15) is 4.79 Å². The van der Waals surface area contributed by atoms with Gasteiger partial charge in [-0.3, -0.25) is 4.79 Å². The molecule has 0 bridgehead atoms. The fourth-order valence-electron chi connectivity index (χ4n) is 1.25. The van der Waals surface area contributed by atoms with Crippen LogP contribution >= 0.6 is 11.6 Å². The van der Waals surface area contributed by atoms with Crippen LogP contribution in [-0.4, -0.2) is 20.2 Å². The van der Waals surface area contributed by atoms with Crippen molar-refractivity contribution < 1.29 is 14.3 Å². The number of ether oxygens (including phenoxy) is 2. The Morgan fingerprint density at radius 3 is 2.73 bits per heavy atom. The van der Waals surface area contributed by atoms with Gasteiger partial charge in [0, 0.05) is 6.42 Å². The summed E-state index contributed by atoms with van der Waals surface area (Å²) in [6.45, 7) is 0. The van der Waals surface area contributed by atoms with Gasteiger partial charge in [-0.15, -0.1) is 0 Å². The van der Waals surface area contributed by atoms with E-state index < -0.39 is 0 Å². The highest BCUT2D eigenvalue weighted by atomic mass is 35.5. The normalized spacial score (nSPS) is 9.80. The van der Waals surface area contributed by atoms with Gasteiger partial charge < -0.3 is 9.47 Å². The van der Waals surface area contributed by atoms with E-state index in [0.29, 0.717) is 23.6 Å². The maximum absolute atomic E-state index is 11.0. The molecule has 0 N–H and O–H groups in total. The van der Waals surface area contributed by atoms with Crippen molar-refractivity contribution in [2.24, 2.45) is 0 Å². The van der Waals surface area contributed by atoms with Crippen LogP contribution in [0.1, 0.15) is 12.0 Å². The summed E-state index contributed by atoms with van der Waals surface area (Å²) in [6, 6.07) is 5.50. The van der Waals surface area contributed by atoms with Crippen molar-refractivity contribution in [1.82, 2.24) is 0 Å². The van der Waals surface area contributed by atoms with Gasteiger partial charge in [-0.25, -0.2) is 0 Å². The fraction of sp³-hybridized carbons (Fsp3) is 0.364. The molecule has 0 aliphatic rings. The van der Waals surface area contributed by atoms with Crippen molar-refractivity contribution in [2.45, 2.75) is 12.8 Å². The van der Waals surface area contributed by atoms with E-state index in [1.807, 2.05) is 12.1 Å². The Morgan fingerprint density at radius 1 is 1.40 bits per heavy atom. The first kappa shape index (κ1) is 11.9. The maximum Gasteiger partial charge on any atom is 0.305 e. The molecular weight excluding hydrogens is 216 g/mol. The second-order valence-corrected chi connectivity index (χ2v) is 3.39. The molecule has 0 aliphatic carbocycles. The largest absolute Gasteiger partial charge is 0.495 e. The molecule has 3 nitrogen and oxygen atoms in total. The minimum absolute atomic E-state index is 0.242. The molecule has 0 atom stereocenters. The average molecular weight is 229 g/mol. The van der Waals surface area contributed by atoms with Crippen LogP contribution < -0.4 is 4.74 Å². The Balaban J connectivity index is 2.73. The summed E-state index contributed by atoms with van der Waals surface area (Å²) in [6.07, 6.45) is 0.881. The Kier molecular flexibility index (Phi) is 4.43. The summed E-state index contributed by atoms with van der Waals surface area (Å²) in [5.74, 6) is 0.382. The summed E-state index contributed by atoms with van der Waals surface area (Å²) in [5, 5.41) is 0.559. The van der Waals surface area contributed by atoms with E-state index in [-0.39, 0.29) is 5.97 Å². The summed E-state index contributed by atoms with van der Waals surface area (Å²) in [7, 11) is 2.93. The number of aryl methyl sites for hydroxylation is 1. The number of hydrogen-bond donors (Lipinski definition) is 0. The van der Waals surface area contributed by atoms with Gasteiger partial charge in [-0.2, -0.15) is 0 Å². The fourth-order valence-corrected chi connectivity index (χ4v) is 1.54. The molecule has 1 aromatic carbocycles. The molecule has 0 saturated carbocycles. The number of rotatable bonds is 4. The average Bonchev–Trinajstić information content (AvgIpc) is 2.27. The first-order valence-corrected chi connectivity index (χ1v) is 4.95. The van der Waals surface area contributed by atoms with E-state index in [1.165, 1.54) is 7.11 Å². The van der Waals surface area contributed by atoms with Crippen molar-refractivity contribution in [3.8, 4) is 5.75 Å². The van der Waals surface area contributed by atoms with Gasteiger partial charge in [0.2, 0.25) is 0 Å². The van der Waals surface area contributed by atoms with E-state index in [4.69, 9.17) is 16.3 Å². The standard InChI is InChI=1S/C11H13ClO3/c1-14-9-5-3-4-8(11(9)12)6-7-10(13)15-2/h3-5H,6-7H2,1-2H3. The topological polar surface area (TPSA) is 35.5 Å². The molecule has 0 fully saturated rings. The zero-order chi connectivity index (χ0) is 11.3. The van der Waals surface area contributed by atoms with Gasteiger partial charge in [0.25, 0.3) is 0 Å². The van der Waals surface area contributed by atoms with Crippen molar-refractivity contribution in [1.29, 1.82) is 0 Å². The van der Waals surface area contributed by atoms with Crippen molar-refractivity contribution in [3.05, 3.63) is 28.8 Å². The number of halogens is 1. The number of esters is 1. The lowest BCUT2D eigenvalue weighted by Crippen LogP contribution is -2.02. The summed E-state index contributed by atoms with van der Waals surface area (Å²) in [4.78, 5) is 11.0. The van der Waals surface area contributed by atoms with Crippen molar-refractivity contribution >= 4 is 17.6 Å². The van der Waals surface area contributed by atoms with Crippen molar-refractivity contribution in [3.63, 3.8) is 0 Å². The second-order valence-electron chi connectivity index (χ2n) is 3.01. The molecule has 15 heavy (non-hydrogen) atoms. The predicted octanol–water partition coefficient (Wildman–Crippen LogP) is 2.45. The molecule has 0 heterocycles. The smallest absolute Gasteiger partial charge is 0.305 e. The minimum Gasteiger partial charge on any atom is -0.495 e. The van der Waals surface area contributed by atoms with Crippen LogP contribution in [-0.2, 0) is 16.0 Å². The predicted molar refractivity (Wildman–Crippen MR) is 58.3 cm³/mol. The number of hydrogen-bond acceptors (Lipinski definition) is 3. The molecule has 0 radical (unpaired) electrons. The van der Waals surface area contributed by atoms with Crippen LogP contribution in [0.5, 0.6) is 5.75 Å². The first-order valence-electron chi connectivity index (χ1n) is 4.57. The first-order chi connectivity index (χ1) is 7.19. The molecule has 0 spiro atoms. The van der Waals surface area contributed by atoms with Gasteiger partial charge in [0.05, 0.1) is 19.2 Å². The molecule has 0 aromatic heterocycles. The number of carbonyl (C=O) groups is 1. The Labute approximate surface area is 93.9 Å². The highest BCUT2D eigenvalue weighted by Gasteiger charge is 2.08. The molecule has 4 heteroatoms. The summed E-state index contributed by atoms with van der Waals surface area (Å²) < 4.78 is 9.63.